The number of aliphatic hydroxyl groups excluding tert-OH is 1. The lowest BCUT2D eigenvalue weighted by atomic mass is 10.1. The van der Waals surface area contributed by atoms with Gasteiger partial charge in [0.05, 0.1) is 0 Å². The lowest BCUT2D eigenvalue weighted by Crippen LogP contribution is -2.31. The summed E-state index contributed by atoms with van der Waals surface area (Å²) in [7, 11) is 0. The second-order valence-corrected chi connectivity index (χ2v) is 6.74. The van der Waals surface area contributed by atoms with Gasteiger partial charge in [-0.15, -0.1) is 15.0 Å². The first kappa shape index (κ1) is 18.8. The highest BCUT2D eigenvalue weighted by molar-refractivity contribution is 5.77. The summed E-state index contributed by atoms with van der Waals surface area (Å²) < 4.78 is 5.74. The fourth-order valence-electron chi connectivity index (χ4n) is 2.61. The molecular formula is C20H24N4O3. The molecule has 7 nitrogen and oxygen atoms in total. The Bertz CT molecular complexity index is 887. The van der Waals surface area contributed by atoms with Crippen LogP contribution in [0.4, 0.5) is 0 Å². The van der Waals surface area contributed by atoms with Gasteiger partial charge in [0.15, 0.2) is 6.61 Å². The molecule has 142 valence electrons. The van der Waals surface area contributed by atoms with Gasteiger partial charge in [0.25, 0.3) is 5.91 Å². The molecule has 0 fully saturated rings. The van der Waals surface area contributed by atoms with E-state index in [9.17, 15) is 9.90 Å². The number of nitrogens with zero attached hydrogens (tertiary/aromatic N) is 3. The van der Waals surface area contributed by atoms with Crippen molar-refractivity contribution in [3.05, 3.63) is 48.0 Å². The Balaban J connectivity index is 1.85. The average Bonchev–Trinajstić information content (AvgIpc) is 3.09. The van der Waals surface area contributed by atoms with E-state index in [-0.39, 0.29) is 19.1 Å². The fourth-order valence-corrected chi connectivity index (χ4v) is 2.61. The average molecular weight is 368 g/mol. The topological polar surface area (TPSA) is 89.3 Å². The molecule has 3 aromatic rings. The number of nitrogens with one attached hydrogen (secondary N) is 1. The van der Waals surface area contributed by atoms with Crippen molar-refractivity contribution in [1.82, 2.24) is 20.3 Å². The van der Waals surface area contributed by atoms with Crippen LogP contribution in [0.1, 0.15) is 19.4 Å². The zero-order chi connectivity index (χ0) is 19.2. The number of ether oxygens (including phenoxy) is 1. The highest BCUT2D eigenvalue weighted by Crippen LogP contribution is 2.25. The molecule has 0 atom stereocenters. The van der Waals surface area contributed by atoms with Gasteiger partial charge in [-0.1, -0.05) is 32.0 Å². The van der Waals surface area contributed by atoms with Crippen LogP contribution in [0.25, 0.3) is 16.7 Å². The Morgan fingerprint density at radius 1 is 1.19 bits per heavy atom. The van der Waals surface area contributed by atoms with Gasteiger partial charge in [0.1, 0.15) is 22.5 Å². The van der Waals surface area contributed by atoms with Crippen molar-refractivity contribution in [2.24, 2.45) is 5.92 Å². The SMILES string of the molecule is CC(C)CNC(=O)COc1ccc(CCO)cc1-n1nc2ccccc2n1. The molecular weight excluding hydrogens is 344 g/mol. The van der Waals surface area contributed by atoms with Crippen molar-refractivity contribution in [2.75, 3.05) is 19.8 Å². The summed E-state index contributed by atoms with van der Waals surface area (Å²) in [4.78, 5) is 13.5. The van der Waals surface area contributed by atoms with Crippen molar-refractivity contribution in [3.63, 3.8) is 0 Å². The highest BCUT2D eigenvalue weighted by atomic mass is 16.5. The van der Waals surface area contributed by atoms with Crippen molar-refractivity contribution < 1.29 is 14.6 Å². The standard InChI is InChI=1S/C20H24N4O3/c1-14(2)12-21-20(26)13-27-19-8-7-15(9-10-25)11-18(19)24-22-16-5-3-4-6-17(16)23-24/h3-8,11,14,25H,9-10,12-13H2,1-2H3,(H,21,26). The van der Waals surface area contributed by atoms with E-state index in [4.69, 9.17) is 4.74 Å². The number of hydrogen-bond acceptors (Lipinski definition) is 5. The molecule has 0 aliphatic carbocycles. The summed E-state index contributed by atoms with van der Waals surface area (Å²) in [6, 6.07) is 13.1. The maximum atomic E-state index is 12.0. The molecule has 0 bridgehead atoms. The Morgan fingerprint density at radius 3 is 2.52 bits per heavy atom. The van der Waals surface area contributed by atoms with Crippen LogP contribution in [-0.4, -0.2) is 45.8 Å². The van der Waals surface area contributed by atoms with E-state index in [1.54, 1.807) is 6.07 Å². The predicted molar refractivity (Wildman–Crippen MR) is 103 cm³/mol. The zero-order valence-electron chi connectivity index (χ0n) is 15.6. The molecule has 3 rings (SSSR count). The summed E-state index contributed by atoms with van der Waals surface area (Å²) in [5.41, 5.74) is 3.11. The predicted octanol–water partition coefficient (Wildman–Crippen LogP) is 2.11. The van der Waals surface area contributed by atoms with E-state index < -0.39 is 0 Å². The molecule has 0 aliphatic heterocycles. The van der Waals surface area contributed by atoms with Gasteiger partial charge >= 0.3 is 0 Å². The maximum Gasteiger partial charge on any atom is 0.257 e. The van der Waals surface area contributed by atoms with Gasteiger partial charge in [-0.2, -0.15) is 0 Å². The van der Waals surface area contributed by atoms with Crippen LogP contribution in [0.3, 0.4) is 0 Å². The third kappa shape index (κ3) is 4.83. The van der Waals surface area contributed by atoms with Crippen molar-refractivity contribution in [1.29, 1.82) is 0 Å². The molecule has 7 heteroatoms. The van der Waals surface area contributed by atoms with E-state index >= 15 is 0 Å². The first-order valence-electron chi connectivity index (χ1n) is 9.02. The van der Waals surface area contributed by atoms with Crippen LogP contribution < -0.4 is 10.1 Å². The largest absolute Gasteiger partial charge is 0.481 e. The molecule has 2 N–H and O–H groups in total. The Hall–Kier alpha value is -2.93. The number of benzene rings is 2. The highest BCUT2D eigenvalue weighted by Gasteiger charge is 2.13. The number of hydrogen-bond donors (Lipinski definition) is 2. The van der Waals surface area contributed by atoms with Gasteiger partial charge in [-0.3, -0.25) is 4.79 Å². The maximum absolute atomic E-state index is 12.0. The second kappa shape index (κ2) is 8.64. The quantitative estimate of drug-likeness (QED) is 0.636. The van der Waals surface area contributed by atoms with Crippen LogP contribution in [-0.2, 0) is 11.2 Å². The Morgan fingerprint density at radius 2 is 1.89 bits per heavy atom. The number of amides is 1. The van der Waals surface area contributed by atoms with Gasteiger partial charge in [0, 0.05) is 13.2 Å². The Labute approximate surface area is 158 Å². The first-order valence-corrected chi connectivity index (χ1v) is 9.02. The van der Waals surface area contributed by atoms with Gasteiger partial charge in [-0.05, 0) is 42.2 Å². The van der Waals surface area contributed by atoms with Crippen LogP contribution in [0.15, 0.2) is 42.5 Å². The monoisotopic (exact) mass is 368 g/mol. The summed E-state index contributed by atoms with van der Waals surface area (Å²) in [6.45, 7) is 4.64. The fraction of sp³-hybridized carbons (Fsp3) is 0.350. The summed E-state index contributed by atoms with van der Waals surface area (Å²) in [6.07, 6.45) is 0.517. The van der Waals surface area contributed by atoms with Gasteiger partial charge in [0.2, 0.25) is 0 Å². The normalized spacial score (nSPS) is 11.1. The molecule has 0 saturated heterocycles. The Kier molecular flexibility index (Phi) is 6.03. The smallest absolute Gasteiger partial charge is 0.257 e. The summed E-state index contributed by atoms with van der Waals surface area (Å²) in [5, 5.41) is 21.0. The van der Waals surface area contributed by atoms with Crippen molar-refractivity contribution in [3.8, 4) is 11.4 Å². The third-order valence-electron chi connectivity index (χ3n) is 3.99. The molecule has 1 aromatic heterocycles. The lowest BCUT2D eigenvalue weighted by molar-refractivity contribution is -0.123. The minimum absolute atomic E-state index is 0.0474. The van der Waals surface area contributed by atoms with Crippen molar-refractivity contribution in [2.45, 2.75) is 20.3 Å². The van der Waals surface area contributed by atoms with Crippen LogP contribution in [0, 0.1) is 5.92 Å². The molecule has 0 unspecified atom stereocenters. The molecule has 27 heavy (non-hydrogen) atoms. The number of fused-ring (bicyclic) bond motifs is 1. The molecule has 0 saturated carbocycles. The first-order chi connectivity index (χ1) is 13.1. The van der Waals surface area contributed by atoms with E-state index in [0.29, 0.717) is 30.3 Å². The van der Waals surface area contributed by atoms with E-state index in [2.05, 4.69) is 15.5 Å². The zero-order valence-corrected chi connectivity index (χ0v) is 15.6. The summed E-state index contributed by atoms with van der Waals surface area (Å²) >= 11 is 0. The number of rotatable bonds is 8. The molecule has 0 radical (unpaired) electrons. The molecule has 0 spiro atoms. The number of carbonyl (C=O) groups is 1. The van der Waals surface area contributed by atoms with E-state index in [1.807, 2.05) is 50.2 Å². The number of aliphatic hydroxyl groups is 1. The summed E-state index contributed by atoms with van der Waals surface area (Å²) in [5.74, 6) is 0.715. The van der Waals surface area contributed by atoms with E-state index in [1.165, 1.54) is 4.80 Å². The van der Waals surface area contributed by atoms with Crippen LogP contribution in [0.2, 0.25) is 0 Å². The van der Waals surface area contributed by atoms with Crippen LogP contribution in [0.5, 0.6) is 5.75 Å². The minimum atomic E-state index is -0.173. The van der Waals surface area contributed by atoms with Crippen LogP contribution >= 0.6 is 0 Å². The number of aromatic nitrogens is 3. The van der Waals surface area contributed by atoms with Gasteiger partial charge < -0.3 is 15.2 Å². The molecule has 1 heterocycles. The van der Waals surface area contributed by atoms with Crippen molar-refractivity contribution >= 4 is 16.9 Å². The molecule has 1 amide bonds. The third-order valence-corrected chi connectivity index (χ3v) is 3.99. The molecule has 2 aromatic carbocycles. The minimum Gasteiger partial charge on any atom is -0.481 e. The number of carbonyl (C=O) groups excluding carboxylic acids is 1. The van der Waals surface area contributed by atoms with Gasteiger partial charge in [-0.25, -0.2) is 0 Å². The molecule has 0 aliphatic rings. The lowest BCUT2D eigenvalue weighted by Gasteiger charge is -2.13. The second-order valence-electron chi connectivity index (χ2n) is 6.74. The van der Waals surface area contributed by atoms with E-state index in [0.717, 1.165) is 16.6 Å².